The molecule has 2 aromatic heterocycles. The molecule has 0 aliphatic heterocycles. The van der Waals surface area contributed by atoms with Crippen molar-refractivity contribution in [3.63, 3.8) is 0 Å². The normalized spacial score (nSPS) is 13.5. The molecule has 0 bridgehead atoms. The lowest BCUT2D eigenvalue weighted by Gasteiger charge is -2.17. The molecule has 2 heterocycles. The molecule has 3 unspecified atom stereocenters. The van der Waals surface area contributed by atoms with Crippen LogP contribution in [0.2, 0.25) is 5.02 Å². The second kappa shape index (κ2) is 22.4. The third-order valence-corrected chi connectivity index (χ3v) is 10.9. The Balaban J connectivity index is 1.40. The van der Waals surface area contributed by atoms with E-state index in [-0.39, 0.29) is 23.6 Å². The zero-order valence-corrected chi connectivity index (χ0v) is 36.0. The number of aromatic amines is 1. The first-order valence-corrected chi connectivity index (χ1v) is 22.3. The van der Waals surface area contributed by atoms with Gasteiger partial charge in [0.1, 0.15) is 5.02 Å². The van der Waals surface area contributed by atoms with E-state index in [1.54, 1.807) is 28.8 Å². The van der Waals surface area contributed by atoms with Crippen molar-refractivity contribution in [2.45, 2.75) is 137 Å². The number of aryl methyl sites for hydroxylation is 1. The topological polar surface area (TPSA) is 141 Å². The molecule has 12 nitrogen and oxygen atoms in total. The number of benzene rings is 2. The fourth-order valence-electron chi connectivity index (χ4n) is 5.92. The van der Waals surface area contributed by atoms with Gasteiger partial charge >= 0.3 is 11.3 Å². The van der Waals surface area contributed by atoms with Crippen LogP contribution in [0.5, 0.6) is 23.0 Å². The average molecular weight is 822 g/mol. The number of ether oxygens (including phenoxy) is 2. The van der Waals surface area contributed by atoms with Crippen LogP contribution in [-0.2, 0) is 27.9 Å². The Bertz CT molecular complexity index is 1830. The van der Waals surface area contributed by atoms with Crippen LogP contribution in [0.15, 0.2) is 36.4 Å². The Hall–Kier alpha value is -3.33. The van der Waals surface area contributed by atoms with E-state index in [2.05, 4.69) is 59.4 Å². The monoisotopic (exact) mass is 820 g/mol. The fourth-order valence-corrected chi connectivity index (χ4v) is 7.76. The maximum absolute atomic E-state index is 13.3. The molecule has 4 aromatic rings. The number of nitrogens with one attached hydrogen (secondary N) is 3. The van der Waals surface area contributed by atoms with Gasteiger partial charge in [0.15, 0.2) is 34.5 Å². The Morgan fingerprint density at radius 3 is 1.96 bits per heavy atom. The van der Waals surface area contributed by atoms with Crippen molar-refractivity contribution in [2.24, 2.45) is 0 Å². The number of nitrogens with zero attached hydrogens (tertiary/aromatic N) is 3. The van der Waals surface area contributed by atoms with Gasteiger partial charge in [0.25, 0.3) is 11.3 Å². The molecule has 0 aliphatic carbocycles. The molecule has 0 amide bonds. The number of anilines is 1. The summed E-state index contributed by atoms with van der Waals surface area (Å²) in [6.07, 6.45) is 13.6. The largest absolute Gasteiger partial charge is 0.490 e. The van der Waals surface area contributed by atoms with Crippen molar-refractivity contribution in [3.05, 3.63) is 58.5 Å². The third-order valence-electron chi connectivity index (χ3n) is 9.11. The molecule has 0 radical (unpaired) electrons. The number of aromatic nitrogens is 4. The van der Waals surface area contributed by atoms with E-state index >= 15 is 0 Å². The van der Waals surface area contributed by atoms with E-state index in [4.69, 9.17) is 29.4 Å². The lowest BCUT2D eigenvalue weighted by molar-refractivity contribution is 0.296. The van der Waals surface area contributed by atoms with Crippen molar-refractivity contribution < 1.29 is 26.3 Å². The summed E-state index contributed by atoms with van der Waals surface area (Å²) in [6.45, 7) is 15.8. The van der Waals surface area contributed by atoms with Gasteiger partial charge in [-0.05, 0) is 49.6 Å². The molecule has 3 atom stereocenters. The van der Waals surface area contributed by atoms with Gasteiger partial charge in [-0.3, -0.25) is 9.82 Å². The lowest BCUT2D eigenvalue weighted by atomic mass is 9.92. The van der Waals surface area contributed by atoms with Crippen LogP contribution < -0.4 is 27.3 Å². The smallest absolute Gasteiger partial charge is 0.316 e. The molecule has 2 aromatic carbocycles. The van der Waals surface area contributed by atoms with Crippen LogP contribution in [0, 0.1) is 6.92 Å². The number of hydrogen-bond donors (Lipinski definition) is 3. The Morgan fingerprint density at radius 2 is 1.35 bits per heavy atom. The maximum atomic E-state index is 13.3. The van der Waals surface area contributed by atoms with Crippen molar-refractivity contribution in [3.8, 4) is 23.0 Å². The molecule has 0 saturated heterocycles. The average Bonchev–Trinajstić information content (AvgIpc) is 3.71. The summed E-state index contributed by atoms with van der Waals surface area (Å²) in [5.74, 6) is 2.00. The van der Waals surface area contributed by atoms with Crippen LogP contribution in [-0.4, -0.2) is 48.0 Å². The van der Waals surface area contributed by atoms with E-state index in [1.807, 2.05) is 26.0 Å². The Kier molecular flexibility index (Phi) is 18.1. The van der Waals surface area contributed by atoms with Crippen molar-refractivity contribution in [1.29, 1.82) is 0 Å². The minimum atomic E-state index is -1.98. The minimum absolute atomic E-state index is 0.206. The van der Waals surface area contributed by atoms with E-state index < -0.39 is 22.5 Å². The number of H-pyrrole nitrogens is 1. The molecular formula is C40H61ClN6O6S2. The molecule has 0 fully saturated rings. The van der Waals surface area contributed by atoms with Crippen LogP contribution in [0.3, 0.4) is 0 Å². The summed E-state index contributed by atoms with van der Waals surface area (Å²) in [4.78, 5) is 0. The number of unbranched alkanes of at least 4 members (excludes halogenated alkanes) is 10. The second-order valence-electron chi connectivity index (χ2n) is 15.1. The standard InChI is InChI=1S/C40H61ClN6O6S2/c1-8-10-12-14-16-18-24-50-32-22-20-29(3)26-34(32)53-55(49)46-31-21-23-33(51-25-19-17-15-13-11-9-2)35(27-31)52-54(48)42-28-30(4)38-43-44-39-36(41)37(40(5,6)7)45-47(38)39/h20-23,26-27,30,42,45-46H,8-19,24-25,28H2,1-7H3. The van der Waals surface area contributed by atoms with Gasteiger partial charge in [-0.15, -0.1) is 10.2 Å². The highest BCUT2D eigenvalue weighted by molar-refractivity contribution is 7.82. The number of fused-ring (bicyclic) bond motifs is 1. The van der Waals surface area contributed by atoms with Gasteiger partial charge in [0.2, 0.25) is 0 Å². The third kappa shape index (κ3) is 14.0. The molecule has 0 spiro atoms. The molecule has 3 N–H and O–H groups in total. The molecule has 306 valence electrons. The first-order valence-electron chi connectivity index (χ1n) is 19.7. The van der Waals surface area contributed by atoms with Crippen LogP contribution in [0.25, 0.3) is 5.65 Å². The maximum Gasteiger partial charge on any atom is 0.316 e. The molecular weight excluding hydrogens is 760 g/mol. The van der Waals surface area contributed by atoms with E-state index in [0.717, 1.165) is 43.4 Å². The second-order valence-corrected chi connectivity index (χ2v) is 17.2. The van der Waals surface area contributed by atoms with Crippen molar-refractivity contribution in [2.75, 3.05) is 24.5 Å². The quantitative estimate of drug-likeness (QED) is 0.0532. The molecule has 0 aliphatic rings. The molecule has 55 heavy (non-hydrogen) atoms. The van der Waals surface area contributed by atoms with Gasteiger partial charge in [-0.25, -0.2) is 9.24 Å². The van der Waals surface area contributed by atoms with Crippen LogP contribution >= 0.6 is 11.6 Å². The van der Waals surface area contributed by atoms with Crippen molar-refractivity contribution in [1.82, 2.24) is 24.5 Å². The van der Waals surface area contributed by atoms with E-state index in [1.165, 1.54) is 44.9 Å². The summed E-state index contributed by atoms with van der Waals surface area (Å²) in [5, 5.41) is 12.5. The van der Waals surface area contributed by atoms with Gasteiger partial charge in [-0.1, -0.05) is 123 Å². The lowest BCUT2D eigenvalue weighted by Crippen LogP contribution is -2.27. The summed E-state index contributed by atoms with van der Waals surface area (Å²) < 4.78 is 58.1. The Morgan fingerprint density at radius 1 is 0.782 bits per heavy atom. The van der Waals surface area contributed by atoms with Gasteiger partial charge < -0.3 is 17.8 Å². The highest BCUT2D eigenvalue weighted by Crippen LogP contribution is 2.34. The summed E-state index contributed by atoms with van der Waals surface area (Å²) in [7, 11) is 0. The first kappa shape index (κ1) is 44.4. The number of rotatable bonds is 26. The van der Waals surface area contributed by atoms with E-state index in [9.17, 15) is 8.42 Å². The number of halogens is 1. The summed E-state index contributed by atoms with van der Waals surface area (Å²) >= 11 is 2.67. The summed E-state index contributed by atoms with van der Waals surface area (Å²) in [6, 6.07) is 10.6. The predicted octanol–water partition coefficient (Wildman–Crippen LogP) is 10.2. The van der Waals surface area contributed by atoms with Gasteiger partial charge in [0.05, 0.1) is 24.6 Å². The zero-order chi connectivity index (χ0) is 39.8. The number of hydrogen-bond acceptors (Lipinski definition) is 8. The fraction of sp³-hybridized carbons (Fsp3) is 0.600. The molecule has 15 heteroatoms. The minimum Gasteiger partial charge on any atom is -0.490 e. The van der Waals surface area contributed by atoms with Crippen LogP contribution in [0.4, 0.5) is 5.69 Å². The van der Waals surface area contributed by atoms with Gasteiger partial charge in [-0.2, -0.15) is 8.42 Å². The Labute approximate surface area is 337 Å². The van der Waals surface area contributed by atoms with Gasteiger partial charge in [0, 0.05) is 23.9 Å². The van der Waals surface area contributed by atoms with E-state index in [0.29, 0.717) is 52.6 Å². The predicted molar refractivity (Wildman–Crippen MR) is 224 cm³/mol. The SMILES string of the molecule is CCCCCCCCOc1ccc(NS(=O)Oc2cc(C)ccc2OCCCCCCCC)cc1OS(=O)NCC(C)c1nnc2c(Cl)c(C(C)(C)C)[nH]n12. The molecule has 4 rings (SSSR count). The van der Waals surface area contributed by atoms with Crippen LogP contribution in [0.1, 0.15) is 142 Å². The first-order chi connectivity index (χ1) is 26.4. The zero-order valence-electron chi connectivity index (χ0n) is 33.6. The molecule has 0 saturated carbocycles. The highest BCUT2D eigenvalue weighted by atomic mass is 35.5. The van der Waals surface area contributed by atoms with Crippen molar-refractivity contribution >= 4 is 45.5 Å². The highest BCUT2D eigenvalue weighted by Gasteiger charge is 2.26. The summed E-state index contributed by atoms with van der Waals surface area (Å²) in [5.41, 5.74) is 2.57.